The van der Waals surface area contributed by atoms with Gasteiger partial charge in [-0.25, -0.2) is 14.1 Å². The number of ether oxygens (including phenoxy) is 2. The molecule has 0 aromatic carbocycles. The summed E-state index contributed by atoms with van der Waals surface area (Å²) in [4.78, 5) is 10.7. The number of alkyl halides is 4. The molecular weight excluding hydrogens is 518 g/mol. The molecule has 0 spiro atoms. The summed E-state index contributed by atoms with van der Waals surface area (Å²) in [6.45, 7) is 2.92. The number of hydrogen-bond donors (Lipinski definition) is 2. The number of halogens is 5. The van der Waals surface area contributed by atoms with E-state index >= 15 is 4.39 Å². The van der Waals surface area contributed by atoms with Crippen LogP contribution in [0.5, 0.6) is 0 Å². The molecule has 5 rings (SSSR count). The molecule has 37 heavy (non-hydrogen) atoms. The summed E-state index contributed by atoms with van der Waals surface area (Å²) in [7, 11) is 3.20. The highest BCUT2D eigenvalue weighted by Gasteiger charge is 2.38. The van der Waals surface area contributed by atoms with Crippen molar-refractivity contribution in [1.82, 2.24) is 24.6 Å². The topological polar surface area (TPSA) is 83.5 Å². The zero-order valence-corrected chi connectivity index (χ0v) is 21.1. The van der Waals surface area contributed by atoms with E-state index in [1.165, 1.54) is 24.1 Å². The monoisotopic (exact) mass is 545 g/mol. The quantitative estimate of drug-likeness (QED) is 0.410. The molecule has 0 aliphatic carbocycles. The van der Waals surface area contributed by atoms with Gasteiger partial charge in [-0.2, -0.15) is 18.3 Å². The first-order valence-electron chi connectivity index (χ1n) is 11.9. The smallest absolute Gasteiger partial charge is 0.383 e. The van der Waals surface area contributed by atoms with E-state index in [2.05, 4.69) is 25.3 Å². The summed E-state index contributed by atoms with van der Waals surface area (Å²) in [5.41, 5.74) is -0.0434. The van der Waals surface area contributed by atoms with Crippen molar-refractivity contribution < 1.29 is 27.0 Å². The highest BCUT2D eigenvalue weighted by molar-refractivity contribution is 6.32. The highest BCUT2D eigenvalue weighted by Crippen LogP contribution is 2.40. The van der Waals surface area contributed by atoms with Gasteiger partial charge in [-0.1, -0.05) is 11.6 Å². The van der Waals surface area contributed by atoms with E-state index in [9.17, 15) is 13.2 Å². The number of fused-ring (bicyclic) bond motifs is 1. The number of likely N-dealkylation sites (N-methyl/N-ethyl adjacent to an activating group) is 1. The van der Waals surface area contributed by atoms with Gasteiger partial charge in [0.15, 0.2) is 5.15 Å². The molecule has 3 aromatic rings. The Morgan fingerprint density at radius 2 is 2.14 bits per heavy atom. The second-order valence-corrected chi connectivity index (χ2v) is 9.70. The van der Waals surface area contributed by atoms with Gasteiger partial charge in [-0.05, 0) is 6.42 Å². The first kappa shape index (κ1) is 26.0. The Morgan fingerprint density at radius 1 is 1.35 bits per heavy atom. The number of piperidine rings is 1. The van der Waals surface area contributed by atoms with Gasteiger partial charge in [0.1, 0.15) is 17.6 Å². The van der Waals surface area contributed by atoms with Crippen LogP contribution in [0, 0.1) is 0 Å². The van der Waals surface area contributed by atoms with Crippen molar-refractivity contribution in [2.24, 2.45) is 0 Å². The molecule has 3 aromatic heterocycles. The lowest BCUT2D eigenvalue weighted by atomic mass is 10.0. The average Bonchev–Trinajstić information content (AvgIpc) is 3.40. The van der Waals surface area contributed by atoms with E-state index in [4.69, 9.17) is 21.1 Å². The molecule has 0 radical (unpaired) electrons. The van der Waals surface area contributed by atoms with Gasteiger partial charge in [0.25, 0.3) is 0 Å². The fraction of sp³-hybridized carbons (Fsp3) is 0.565. The van der Waals surface area contributed by atoms with Crippen LogP contribution in [0.1, 0.15) is 18.0 Å². The standard InChI is InChI=1S/C23H28ClF4N7O2/c1-33(5-6-36-2)18-7-19(32-22-20(18)14(8-29-22)23(26,27)28)31-16-9-30-35(21(16)24)17-3-4-34(10-15(17)25)13-11-37-12-13/h7-9,13,15,17H,3-6,10-12H2,1-2H3,(H2,29,31,32)/t15?,17-/m0/s1. The number of rotatable bonds is 8. The Kier molecular flexibility index (Phi) is 7.22. The van der Waals surface area contributed by atoms with Crippen molar-refractivity contribution in [3.05, 3.63) is 29.2 Å². The van der Waals surface area contributed by atoms with Crippen molar-refractivity contribution in [3.8, 4) is 0 Å². The van der Waals surface area contributed by atoms with Crippen LogP contribution < -0.4 is 10.2 Å². The molecule has 0 amide bonds. The van der Waals surface area contributed by atoms with Gasteiger partial charge in [0.05, 0.1) is 60.4 Å². The summed E-state index contributed by atoms with van der Waals surface area (Å²) in [6, 6.07) is 1.25. The van der Waals surface area contributed by atoms with Crippen LogP contribution in [0.3, 0.4) is 0 Å². The van der Waals surface area contributed by atoms with E-state index in [0.29, 0.717) is 50.7 Å². The predicted molar refractivity (Wildman–Crippen MR) is 131 cm³/mol. The number of aromatic nitrogens is 4. The number of nitrogens with one attached hydrogen (secondary N) is 2. The van der Waals surface area contributed by atoms with Gasteiger partial charge in [-0.15, -0.1) is 0 Å². The molecule has 2 aliphatic rings. The minimum Gasteiger partial charge on any atom is -0.383 e. The van der Waals surface area contributed by atoms with Crippen molar-refractivity contribution in [3.63, 3.8) is 0 Å². The molecule has 5 heterocycles. The van der Waals surface area contributed by atoms with Crippen molar-refractivity contribution >= 4 is 39.8 Å². The Bertz CT molecular complexity index is 1250. The van der Waals surface area contributed by atoms with E-state index < -0.39 is 24.0 Å². The van der Waals surface area contributed by atoms with E-state index in [-0.39, 0.29) is 34.6 Å². The molecule has 2 atom stereocenters. The largest absolute Gasteiger partial charge is 0.418 e. The minimum atomic E-state index is -4.56. The highest BCUT2D eigenvalue weighted by atomic mass is 35.5. The van der Waals surface area contributed by atoms with Crippen LogP contribution in [-0.2, 0) is 15.7 Å². The van der Waals surface area contributed by atoms with Crippen LogP contribution in [-0.4, -0.2) is 90.5 Å². The van der Waals surface area contributed by atoms with Crippen molar-refractivity contribution in [2.75, 3.05) is 63.8 Å². The second-order valence-electron chi connectivity index (χ2n) is 9.34. The third-order valence-corrected chi connectivity index (χ3v) is 7.33. The Hall–Kier alpha value is -2.61. The van der Waals surface area contributed by atoms with Crippen LogP contribution in [0.4, 0.5) is 34.8 Å². The van der Waals surface area contributed by atoms with Crippen LogP contribution >= 0.6 is 11.6 Å². The molecule has 0 saturated carbocycles. The second kappa shape index (κ2) is 10.3. The number of nitrogens with zero attached hydrogens (tertiary/aromatic N) is 5. The molecule has 14 heteroatoms. The minimum absolute atomic E-state index is 0.0395. The van der Waals surface area contributed by atoms with Crippen LogP contribution in [0.15, 0.2) is 18.5 Å². The molecule has 0 bridgehead atoms. The van der Waals surface area contributed by atoms with Gasteiger partial charge in [0.2, 0.25) is 0 Å². The Balaban J connectivity index is 1.41. The number of anilines is 3. The predicted octanol–water partition coefficient (Wildman–Crippen LogP) is 4.24. The lowest BCUT2D eigenvalue weighted by molar-refractivity contribution is -0.136. The van der Waals surface area contributed by atoms with Gasteiger partial charge >= 0.3 is 6.18 Å². The van der Waals surface area contributed by atoms with E-state index in [0.717, 1.165) is 6.20 Å². The molecule has 9 nitrogen and oxygen atoms in total. The third kappa shape index (κ3) is 5.09. The Morgan fingerprint density at radius 3 is 2.78 bits per heavy atom. The first-order chi connectivity index (χ1) is 17.7. The van der Waals surface area contributed by atoms with E-state index in [1.54, 1.807) is 11.9 Å². The lowest BCUT2D eigenvalue weighted by Gasteiger charge is -2.42. The molecular formula is C23H28ClF4N7O2. The van der Waals surface area contributed by atoms with Crippen LogP contribution in [0.2, 0.25) is 5.15 Å². The Labute approximate surface area is 215 Å². The van der Waals surface area contributed by atoms with Crippen LogP contribution in [0.25, 0.3) is 11.0 Å². The maximum absolute atomic E-state index is 15.1. The summed E-state index contributed by atoms with van der Waals surface area (Å²) in [6.07, 6.45) is -2.80. The van der Waals surface area contributed by atoms with Gasteiger partial charge < -0.3 is 24.7 Å². The van der Waals surface area contributed by atoms with E-state index in [1.807, 2.05) is 0 Å². The molecule has 2 N–H and O–H groups in total. The number of H-pyrrole nitrogens is 1. The van der Waals surface area contributed by atoms with Crippen molar-refractivity contribution in [1.29, 1.82) is 0 Å². The third-order valence-electron chi connectivity index (χ3n) is 6.96. The number of hydrogen-bond acceptors (Lipinski definition) is 7. The molecule has 202 valence electrons. The maximum atomic E-state index is 15.1. The normalized spacial score (nSPS) is 21.4. The first-order valence-corrected chi connectivity index (χ1v) is 12.3. The summed E-state index contributed by atoms with van der Waals surface area (Å²) < 4.78 is 67.9. The fourth-order valence-electron chi connectivity index (χ4n) is 4.81. The fourth-order valence-corrected chi connectivity index (χ4v) is 5.07. The summed E-state index contributed by atoms with van der Waals surface area (Å²) in [5.74, 6) is 0.264. The number of likely N-dealkylation sites (tertiary alicyclic amines) is 1. The number of pyridine rings is 1. The number of aromatic amines is 1. The number of methoxy groups -OCH3 is 1. The molecule has 2 saturated heterocycles. The lowest BCUT2D eigenvalue weighted by Crippen LogP contribution is -2.55. The zero-order valence-electron chi connectivity index (χ0n) is 20.4. The summed E-state index contributed by atoms with van der Waals surface area (Å²) >= 11 is 6.59. The maximum Gasteiger partial charge on any atom is 0.418 e. The molecule has 2 fully saturated rings. The average molecular weight is 546 g/mol. The molecule has 2 aliphatic heterocycles. The van der Waals surface area contributed by atoms with Crippen molar-refractivity contribution in [2.45, 2.75) is 30.9 Å². The SMILES string of the molecule is COCCN(C)c1cc(Nc2cnn([C@H]3CCN(C4COC4)CC3F)c2Cl)nc2[nH]cc(C(F)(F)F)c12. The molecule has 1 unspecified atom stereocenters. The van der Waals surface area contributed by atoms with Gasteiger partial charge in [0, 0.05) is 46.1 Å². The van der Waals surface area contributed by atoms with Gasteiger partial charge in [-0.3, -0.25) is 4.90 Å². The summed E-state index contributed by atoms with van der Waals surface area (Å²) in [5, 5.41) is 7.52. The zero-order chi connectivity index (χ0) is 26.3.